The Labute approximate surface area is 96.7 Å². The van der Waals surface area contributed by atoms with E-state index in [1.165, 1.54) is 16.4 Å². The van der Waals surface area contributed by atoms with E-state index in [4.69, 9.17) is 0 Å². The van der Waals surface area contributed by atoms with Crippen LogP contribution in [0.15, 0.2) is 18.7 Å². The minimum absolute atomic E-state index is 1.05. The van der Waals surface area contributed by atoms with Gasteiger partial charge in [-0.2, -0.15) is 0 Å². The Bertz CT molecular complexity index is 436. The summed E-state index contributed by atoms with van der Waals surface area (Å²) >= 11 is 2.33. The van der Waals surface area contributed by atoms with Gasteiger partial charge >= 0.3 is 0 Å². The second kappa shape index (κ2) is 4.25. The van der Waals surface area contributed by atoms with Crippen LogP contribution in [0.3, 0.4) is 0 Å². The van der Waals surface area contributed by atoms with Crippen LogP contribution >= 0.6 is 22.6 Å². The average molecular weight is 301 g/mol. The zero-order valence-electron chi connectivity index (χ0n) is 8.07. The van der Waals surface area contributed by atoms with Gasteiger partial charge in [0.25, 0.3) is 0 Å². The Morgan fingerprint density at radius 3 is 3.14 bits per heavy atom. The molecule has 0 aliphatic rings. The maximum atomic E-state index is 4.30. The van der Waals surface area contributed by atoms with E-state index < -0.39 is 0 Å². The van der Waals surface area contributed by atoms with E-state index in [1.807, 2.05) is 6.20 Å². The van der Waals surface area contributed by atoms with Gasteiger partial charge in [0, 0.05) is 22.5 Å². The number of nitrogens with zero attached hydrogens (tertiary/aromatic N) is 3. The molecule has 0 amide bonds. The molecule has 0 radical (unpaired) electrons. The molecule has 0 atom stereocenters. The van der Waals surface area contributed by atoms with E-state index in [9.17, 15) is 0 Å². The lowest BCUT2D eigenvalue weighted by atomic mass is 10.3. The molecule has 2 aromatic heterocycles. The average Bonchev–Trinajstić information content (AvgIpc) is 2.54. The van der Waals surface area contributed by atoms with E-state index in [-0.39, 0.29) is 0 Å². The lowest BCUT2D eigenvalue weighted by Crippen LogP contribution is -1.96. The molecule has 0 N–H and O–H groups in total. The van der Waals surface area contributed by atoms with Crippen LogP contribution in [0.1, 0.15) is 19.8 Å². The van der Waals surface area contributed by atoms with Crippen LogP contribution in [0, 0.1) is 3.57 Å². The molecule has 74 valence electrons. The Kier molecular flexibility index (Phi) is 3.00. The van der Waals surface area contributed by atoms with Gasteiger partial charge in [-0.1, -0.05) is 13.3 Å². The second-order valence-electron chi connectivity index (χ2n) is 3.28. The van der Waals surface area contributed by atoms with Crippen molar-refractivity contribution in [2.24, 2.45) is 0 Å². The standard InChI is InChI=1S/C10H12IN3/c1-2-3-4-14-6-9(11)8-5-12-7-13-10(8)14/h5-7H,2-4H2,1H3. The molecule has 0 unspecified atom stereocenters. The molecule has 3 nitrogen and oxygen atoms in total. The zero-order chi connectivity index (χ0) is 9.97. The maximum absolute atomic E-state index is 4.30. The Morgan fingerprint density at radius 1 is 1.50 bits per heavy atom. The fourth-order valence-electron chi connectivity index (χ4n) is 1.49. The Hall–Kier alpha value is -0.650. The van der Waals surface area contributed by atoms with Crippen LogP contribution in [-0.2, 0) is 6.54 Å². The topological polar surface area (TPSA) is 30.7 Å². The fraction of sp³-hybridized carbons (Fsp3) is 0.400. The van der Waals surface area contributed by atoms with Gasteiger partial charge in [-0.05, 0) is 29.0 Å². The molecule has 2 heterocycles. The molecule has 0 aliphatic carbocycles. The van der Waals surface area contributed by atoms with Gasteiger partial charge in [-0.3, -0.25) is 0 Å². The Balaban J connectivity index is 2.44. The van der Waals surface area contributed by atoms with Crippen molar-refractivity contribution in [1.82, 2.24) is 14.5 Å². The molecule has 14 heavy (non-hydrogen) atoms. The lowest BCUT2D eigenvalue weighted by Gasteiger charge is -2.01. The third-order valence-electron chi connectivity index (χ3n) is 2.24. The normalized spacial score (nSPS) is 11.0. The number of hydrogen-bond acceptors (Lipinski definition) is 2. The third kappa shape index (κ3) is 1.75. The van der Waals surface area contributed by atoms with Crippen LogP contribution in [0.25, 0.3) is 11.0 Å². The summed E-state index contributed by atoms with van der Waals surface area (Å²) in [6, 6.07) is 0. The molecule has 0 bridgehead atoms. The smallest absolute Gasteiger partial charge is 0.144 e. The molecule has 0 spiro atoms. The molecular weight excluding hydrogens is 289 g/mol. The van der Waals surface area contributed by atoms with E-state index in [1.54, 1.807) is 6.33 Å². The molecule has 4 heteroatoms. The van der Waals surface area contributed by atoms with Gasteiger partial charge in [0.1, 0.15) is 12.0 Å². The number of hydrogen-bond donors (Lipinski definition) is 0. The van der Waals surface area contributed by atoms with Crippen molar-refractivity contribution >= 4 is 33.6 Å². The first-order valence-electron chi connectivity index (χ1n) is 4.77. The third-order valence-corrected chi connectivity index (χ3v) is 3.10. The van der Waals surface area contributed by atoms with E-state index in [2.05, 4.69) is 50.2 Å². The molecule has 0 saturated carbocycles. The van der Waals surface area contributed by atoms with Gasteiger partial charge in [0.05, 0.1) is 5.39 Å². The van der Waals surface area contributed by atoms with Crippen LogP contribution < -0.4 is 0 Å². The number of aromatic nitrogens is 3. The van der Waals surface area contributed by atoms with Crippen molar-refractivity contribution in [3.05, 3.63) is 22.3 Å². The van der Waals surface area contributed by atoms with Gasteiger partial charge in [0.2, 0.25) is 0 Å². The largest absolute Gasteiger partial charge is 0.331 e. The molecular formula is C10H12IN3. The molecule has 0 aliphatic heterocycles. The van der Waals surface area contributed by atoms with Crippen molar-refractivity contribution in [3.8, 4) is 0 Å². The first-order chi connectivity index (χ1) is 6.83. The molecule has 0 aromatic carbocycles. The summed E-state index contributed by atoms with van der Waals surface area (Å²) in [7, 11) is 0. The monoisotopic (exact) mass is 301 g/mol. The number of unbranched alkanes of at least 4 members (excludes halogenated alkanes) is 1. The number of aryl methyl sites for hydroxylation is 1. The highest BCUT2D eigenvalue weighted by atomic mass is 127. The summed E-state index contributed by atoms with van der Waals surface area (Å²) < 4.78 is 3.44. The first-order valence-corrected chi connectivity index (χ1v) is 5.85. The van der Waals surface area contributed by atoms with Crippen LogP contribution in [0.2, 0.25) is 0 Å². The van der Waals surface area contributed by atoms with Gasteiger partial charge in [0.15, 0.2) is 0 Å². The molecule has 0 fully saturated rings. The quantitative estimate of drug-likeness (QED) is 0.816. The number of rotatable bonds is 3. The van der Waals surface area contributed by atoms with Crippen molar-refractivity contribution in [1.29, 1.82) is 0 Å². The van der Waals surface area contributed by atoms with E-state index in [0.29, 0.717) is 0 Å². The zero-order valence-corrected chi connectivity index (χ0v) is 10.2. The number of fused-ring (bicyclic) bond motifs is 1. The highest BCUT2D eigenvalue weighted by Crippen LogP contribution is 2.20. The van der Waals surface area contributed by atoms with Gasteiger partial charge in [-0.25, -0.2) is 9.97 Å². The highest BCUT2D eigenvalue weighted by molar-refractivity contribution is 14.1. The summed E-state index contributed by atoms with van der Waals surface area (Å²) in [6.45, 7) is 3.25. The van der Waals surface area contributed by atoms with Crippen LogP contribution in [0.4, 0.5) is 0 Å². The summed E-state index contributed by atoms with van der Waals surface area (Å²) in [6.07, 6.45) is 8.05. The van der Waals surface area contributed by atoms with Gasteiger partial charge in [-0.15, -0.1) is 0 Å². The van der Waals surface area contributed by atoms with E-state index in [0.717, 1.165) is 17.6 Å². The maximum Gasteiger partial charge on any atom is 0.144 e. The Morgan fingerprint density at radius 2 is 2.36 bits per heavy atom. The summed E-state index contributed by atoms with van der Waals surface area (Å²) in [4.78, 5) is 8.34. The summed E-state index contributed by atoms with van der Waals surface area (Å²) in [5.41, 5.74) is 1.05. The lowest BCUT2D eigenvalue weighted by molar-refractivity contribution is 0.645. The van der Waals surface area contributed by atoms with Crippen molar-refractivity contribution in [2.45, 2.75) is 26.3 Å². The predicted molar refractivity (Wildman–Crippen MR) is 65.2 cm³/mol. The fourth-order valence-corrected chi connectivity index (χ4v) is 2.20. The summed E-state index contributed by atoms with van der Waals surface area (Å²) in [5, 5.41) is 1.16. The minimum atomic E-state index is 1.05. The SMILES string of the molecule is CCCCn1cc(I)c2cncnc21. The second-order valence-corrected chi connectivity index (χ2v) is 4.45. The van der Waals surface area contributed by atoms with Crippen molar-refractivity contribution in [3.63, 3.8) is 0 Å². The molecule has 0 saturated heterocycles. The number of halogens is 1. The molecule has 2 rings (SSSR count). The first kappa shape index (κ1) is 9.89. The van der Waals surface area contributed by atoms with Crippen molar-refractivity contribution in [2.75, 3.05) is 0 Å². The predicted octanol–water partition coefficient (Wildman–Crippen LogP) is 2.84. The molecule has 2 aromatic rings. The van der Waals surface area contributed by atoms with Crippen LogP contribution in [0.5, 0.6) is 0 Å². The van der Waals surface area contributed by atoms with Crippen molar-refractivity contribution < 1.29 is 0 Å². The van der Waals surface area contributed by atoms with Gasteiger partial charge < -0.3 is 4.57 Å². The minimum Gasteiger partial charge on any atom is -0.331 e. The van der Waals surface area contributed by atoms with Crippen LogP contribution in [-0.4, -0.2) is 14.5 Å². The summed E-state index contributed by atoms with van der Waals surface area (Å²) in [5.74, 6) is 0. The highest BCUT2D eigenvalue weighted by Gasteiger charge is 2.06. The van der Waals surface area contributed by atoms with E-state index >= 15 is 0 Å².